The molecule has 1 amide bonds. The van der Waals surface area contributed by atoms with Crippen LogP contribution in [0.4, 0.5) is 0 Å². The topological polar surface area (TPSA) is 78.0 Å². The summed E-state index contributed by atoms with van der Waals surface area (Å²) in [6.45, 7) is 1.50. The van der Waals surface area contributed by atoms with Crippen LogP contribution in [0.5, 0.6) is 0 Å². The molecule has 0 atom stereocenters. The molecule has 2 saturated carbocycles. The van der Waals surface area contributed by atoms with Crippen molar-refractivity contribution >= 4 is 5.91 Å². The van der Waals surface area contributed by atoms with E-state index in [0.717, 1.165) is 23.2 Å². The fourth-order valence-electron chi connectivity index (χ4n) is 6.57. The van der Waals surface area contributed by atoms with Crippen LogP contribution in [-0.4, -0.2) is 43.0 Å². The first-order valence-electron chi connectivity index (χ1n) is 14.4. The SMILES string of the molecule is O=C(CC1CCCCC1)N1C=C(C2CCCCC2)N(Cc2ccc(-c3ccccc3-c3nn[nH]n3)cc2)C1. The van der Waals surface area contributed by atoms with Crippen LogP contribution in [0, 0.1) is 11.8 Å². The first-order valence-corrected chi connectivity index (χ1v) is 14.4. The standard InChI is InChI=1S/C31H38N6O/c38-30(19-23-9-3-1-4-10-23)37-21-29(26-11-5-2-6-12-26)36(22-37)20-24-15-17-25(18-16-24)27-13-7-8-14-28(27)31-32-34-35-33-31/h7-8,13-18,21,23,26H,1-6,9-12,19-20,22H2,(H,32,33,34,35). The second-order valence-corrected chi connectivity index (χ2v) is 11.3. The summed E-state index contributed by atoms with van der Waals surface area (Å²) in [5.41, 5.74) is 5.80. The summed E-state index contributed by atoms with van der Waals surface area (Å²) in [5, 5.41) is 14.6. The van der Waals surface area contributed by atoms with Crippen LogP contribution in [0.1, 0.15) is 76.2 Å². The number of tetrazole rings is 1. The minimum Gasteiger partial charge on any atom is -0.351 e. The first kappa shape index (κ1) is 24.8. The molecule has 2 aliphatic carbocycles. The zero-order valence-electron chi connectivity index (χ0n) is 22.2. The summed E-state index contributed by atoms with van der Waals surface area (Å²) < 4.78 is 0. The van der Waals surface area contributed by atoms with Gasteiger partial charge in [-0.2, -0.15) is 5.21 Å². The monoisotopic (exact) mass is 510 g/mol. The average Bonchev–Trinajstić information content (AvgIpc) is 3.66. The number of aromatic nitrogens is 4. The molecule has 0 saturated heterocycles. The number of allylic oxidation sites excluding steroid dienone is 1. The summed E-state index contributed by atoms with van der Waals surface area (Å²) in [6, 6.07) is 17.0. The van der Waals surface area contributed by atoms with Crippen molar-refractivity contribution in [1.82, 2.24) is 30.4 Å². The van der Waals surface area contributed by atoms with Crippen molar-refractivity contribution in [3.63, 3.8) is 0 Å². The van der Waals surface area contributed by atoms with E-state index in [0.29, 0.717) is 36.7 Å². The van der Waals surface area contributed by atoms with Crippen molar-refractivity contribution in [1.29, 1.82) is 0 Å². The maximum atomic E-state index is 13.3. The highest BCUT2D eigenvalue weighted by Gasteiger charge is 2.32. The van der Waals surface area contributed by atoms with Crippen LogP contribution < -0.4 is 0 Å². The zero-order chi connectivity index (χ0) is 25.7. The number of benzene rings is 2. The van der Waals surface area contributed by atoms with Crippen molar-refractivity contribution in [2.75, 3.05) is 6.67 Å². The Kier molecular flexibility index (Phi) is 7.52. The molecule has 1 N–H and O–H groups in total. The van der Waals surface area contributed by atoms with E-state index < -0.39 is 0 Å². The number of nitrogens with zero attached hydrogens (tertiary/aromatic N) is 5. The molecule has 2 aromatic carbocycles. The molecule has 1 aliphatic heterocycles. The third-order valence-corrected chi connectivity index (χ3v) is 8.66. The fourth-order valence-corrected chi connectivity index (χ4v) is 6.57. The zero-order valence-corrected chi connectivity index (χ0v) is 22.2. The maximum absolute atomic E-state index is 13.3. The van der Waals surface area contributed by atoms with Gasteiger partial charge in [-0.15, -0.1) is 10.2 Å². The van der Waals surface area contributed by atoms with Gasteiger partial charge in [0, 0.05) is 36.3 Å². The number of carbonyl (C=O) groups excluding carboxylic acids is 1. The Morgan fingerprint density at radius 1 is 0.868 bits per heavy atom. The normalized spacial score (nSPS) is 19.1. The molecular formula is C31H38N6O. The number of carbonyl (C=O) groups is 1. The van der Waals surface area contributed by atoms with Gasteiger partial charge in [-0.3, -0.25) is 9.69 Å². The Labute approximate surface area is 225 Å². The number of amides is 1. The Balaban J connectivity index is 1.18. The Hall–Kier alpha value is -3.48. The number of H-pyrrole nitrogens is 1. The number of nitrogens with one attached hydrogen (secondary N) is 1. The van der Waals surface area contributed by atoms with E-state index in [9.17, 15) is 4.79 Å². The van der Waals surface area contributed by atoms with Crippen molar-refractivity contribution in [3.8, 4) is 22.5 Å². The lowest BCUT2D eigenvalue weighted by molar-refractivity contribution is -0.130. The molecule has 2 fully saturated rings. The van der Waals surface area contributed by atoms with Gasteiger partial charge >= 0.3 is 0 Å². The van der Waals surface area contributed by atoms with Gasteiger partial charge in [-0.1, -0.05) is 87.1 Å². The molecule has 3 aromatic rings. The van der Waals surface area contributed by atoms with Crippen LogP contribution in [0.25, 0.3) is 22.5 Å². The van der Waals surface area contributed by atoms with E-state index in [-0.39, 0.29) is 0 Å². The molecule has 0 spiro atoms. The highest BCUT2D eigenvalue weighted by atomic mass is 16.2. The van der Waals surface area contributed by atoms with E-state index in [1.54, 1.807) is 0 Å². The quantitative estimate of drug-likeness (QED) is 0.391. The lowest BCUT2D eigenvalue weighted by atomic mass is 9.86. The smallest absolute Gasteiger partial charge is 0.228 e. The van der Waals surface area contributed by atoms with E-state index >= 15 is 0 Å². The van der Waals surface area contributed by atoms with E-state index in [4.69, 9.17) is 0 Å². The summed E-state index contributed by atoms with van der Waals surface area (Å²) in [7, 11) is 0. The lowest BCUT2D eigenvalue weighted by Crippen LogP contribution is -2.33. The van der Waals surface area contributed by atoms with Crippen LogP contribution in [0.2, 0.25) is 0 Å². The summed E-state index contributed by atoms with van der Waals surface area (Å²) in [4.78, 5) is 17.8. The van der Waals surface area contributed by atoms with Crippen LogP contribution in [0.15, 0.2) is 60.4 Å². The largest absolute Gasteiger partial charge is 0.351 e. The maximum Gasteiger partial charge on any atom is 0.228 e. The third kappa shape index (κ3) is 5.52. The van der Waals surface area contributed by atoms with Crippen molar-refractivity contribution in [2.24, 2.45) is 11.8 Å². The minimum atomic E-state index is 0.307. The Morgan fingerprint density at radius 3 is 2.29 bits per heavy atom. The molecule has 0 radical (unpaired) electrons. The van der Waals surface area contributed by atoms with Crippen molar-refractivity contribution in [2.45, 2.75) is 77.2 Å². The first-order chi connectivity index (χ1) is 18.7. The predicted molar refractivity (Wildman–Crippen MR) is 148 cm³/mol. The minimum absolute atomic E-state index is 0.307. The van der Waals surface area contributed by atoms with Crippen molar-refractivity contribution in [3.05, 3.63) is 66.0 Å². The number of rotatable bonds is 7. The molecule has 7 nitrogen and oxygen atoms in total. The van der Waals surface area contributed by atoms with Crippen LogP contribution >= 0.6 is 0 Å². The second kappa shape index (κ2) is 11.5. The molecule has 7 heteroatoms. The van der Waals surface area contributed by atoms with E-state index in [1.807, 2.05) is 23.1 Å². The highest BCUT2D eigenvalue weighted by Crippen LogP contribution is 2.37. The molecule has 198 valence electrons. The Bertz CT molecular complexity index is 1240. The van der Waals surface area contributed by atoms with E-state index in [1.165, 1.54) is 75.5 Å². The van der Waals surface area contributed by atoms with Gasteiger partial charge in [-0.25, -0.2) is 0 Å². The predicted octanol–water partition coefficient (Wildman–Crippen LogP) is 6.53. The molecule has 0 bridgehead atoms. The van der Waals surface area contributed by atoms with Crippen molar-refractivity contribution < 1.29 is 4.79 Å². The number of aromatic amines is 1. The van der Waals surface area contributed by atoms with Gasteiger partial charge in [0.25, 0.3) is 0 Å². The lowest BCUT2D eigenvalue weighted by Gasteiger charge is -2.30. The van der Waals surface area contributed by atoms with Gasteiger partial charge in [0.2, 0.25) is 11.7 Å². The molecule has 2 heterocycles. The number of hydrogen-bond donors (Lipinski definition) is 1. The second-order valence-electron chi connectivity index (χ2n) is 11.3. The van der Waals surface area contributed by atoms with Crippen LogP contribution in [-0.2, 0) is 11.3 Å². The third-order valence-electron chi connectivity index (χ3n) is 8.66. The molecule has 6 rings (SSSR count). The number of hydrogen-bond acceptors (Lipinski definition) is 5. The van der Waals surface area contributed by atoms with Crippen LogP contribution in [0.3, 0.4) is 0 Å². The van der Waals surface area contributed by atoms with Gasteiger partial charge in [-0.05, 0) is 53.5 Å². The summed E-state index contributed by atoms with van der Waals surface area (Å²) >= 11 is 0. The summed E-state index contributed by atoms with van der Waals surface area (Å²) in [5.74, 6) is 2.04. The molecular weight excluding hydrogens is 472 g/mol. The Morgan fingerprint density at radius 2 is 1.58 bits per heavy atom. The molecule has 0 unspecified atom stereocenters. The van der Waals surface area contributed by atoms with E-state index in [2.05, 4.69) is 62.1 Å². The molecule has 38 heavy (non-hydrogen) atoms. The fraction of sp³-hybridized carbons (Fsp3) is 0.484. The molecule has 1 aromatic heterocycles. The van der Waals surface area contributed by atoms with Gasteiger partial charge < -0.3 is 4.90 Å². The highest BCUT2D eigenvalue weighted by molar-refractivity contribution is 5.80. The molecule has 3 aliphatic rings. The van der Waals surface area contributed by atoms with Gasteiger partial charge in [0.05, 0.1) is 6.67 Å². The average molecular weight is 511 g/mol. The summed E-state index contributed by atoms with van der Waals surface area (Å²) in [6.07, 6.45) is 15.6. The van der Waals surface area contributed by atoms with Gasteiger partial charge in [0.1, 0.15) is 0 Å². The van der Waals surface area contributed by atoms with Gasteiger partial charge in [0.15, 0.2) is 0 Å².